The topological polar surface area (TPSA) is 78.1 Å². The molecule has 2 atom stereocenters. The van der Waals surface area contributed by atoms with Gasteiger partial charge in [0.05, 0.1) is 36.3 Å². The van der Waals surface area contributed by atoms with Crippen molar-refractivity contribution < 1.29 is 4.74 Å². The fourth-order valence-electron chi connectivity index (χ4n) is 3.63. The molecule has 1 aromatic carbocycles. The van der Waals surface area contributed by atoms with Crippen molar-refractivity contribution in [1.29, 1.82) is 0 Å². The van der Waals surface area contributed by atoms with Gasteiger partial charge in [-0.2, -0.15) is 5.10 Å². The number of aryl methyl sites for hydroxylation is 1. The third kappa shape index (κ3) is 4.18. The summed E-state index contributed by atoms with van der Waals surface area (Å²) in [7, 11) is 1.80. The van der Waals surface area contributed by atoms with Crippen LogP contribution in [0.15, 0.2) is 41.3 Å². The number of morpholine rings is 1. The van der Waals surface area contributed by atoms with Gasteiger partial charge in [0, 0.05) is 36.8 Å². The Hall–Kier alpha value is -2.71. The lowest BCUT2D eigenvalue weighted by Crippen LogP contribution is -2.46. The Kier molecular flexibility index (Phi) is 5.38. The summed E-state index contributed by atoms with van der Waals surface area (Å²) >= 11 is 5.98. The Morgan fingerprint density at radius 1 is 1.17 bits per heavy atom. The fourth-order valence-corrected chi connectivity index (χ4v) is 3.76. The van der Waals surface area contributed by atoms with Gasteiger partial charge in [0.25, 0.3) is 5.56 Å². The average molecular weight is 415 g/mol. The lowest BCUT2D eigenvalue weighted by Gasteiger charge is -2.36. The van der Waals surface area contributed by atoms with Gasteiger partial charge in [0.1, 0.15) is 5.69 Å². The number of hydrogen-bond donors (Lipinski definition) is 0. The summed E-state index contributed by atoms with van der Waals surface area (Å²) in [5.41, 5.74) is 3.03. The Morgan fingerprint density at radius 2 is 1.86 bits per heavy atom. The van der Waals surface area contributed by atoms with Gasteiger partial charge in [-0.3, -0.25) is 4.79 Å². The molecule has 2 aromatic heterocycles. The van der Waals surface area contributed by atoms with Crippen LogP contribution in [0.2, 0.25) is 5.02 Å². The van der Waals surface area contributed by atoms with E-state index in [-0.39, 0.29) is 24.3 Å². The molecule has 0 radical (unpaired) electrons. The van der Waals surface area contributed by atoms with Crippen LogP contribution in [-0.2, 0) is 18.3 Å². The van der Waals surface area contributed by atoms with Gasteiger partial charge in [0.2, 0.25) is 0 Å². The van der Waals surface area contributed by atoms with Crippen LogP contribution in [-0.4, -0.2) is 50.1 Å². The number of nitrogens with zero attached hydrogens (tertiary/aromatic N) is 6. The van der Waals surface area contributed by atoms with Crippen molar-refractivity contribution in [2.45, 2.75) is 32.6 Å². The van der Waals surface area contributed by atoms with Crippen LogP contribution < -0.4 is 10.5 Å². The van der Waals surface area contributed by atoms with Gasteiger partial charge in [-0.25, -0.2) is 9.36 Å². The molecule has 8 nitrogen and oxygen atoms in total. The summed E-state index contributed by atoms with van der Waals surface area (Å²) in [5.74, 6) is 0. The van der Waals surface area contributed by atoms with E-state index < -0.39 is 0 Å². The third-order valence-corrected chi connectivity index (χ3v) is 5.25. The maximum atomic E-state index is 12.8. The zero-order valence-electron chi connectivity index (χ0n) is 16.6. The largest absolute Gasteiger partial charge is 0.372 e. The maximum Gasteiger partial charge on any atom is 0.269 e. The molecule has 2 unspecified atom stereocenters. The molecule has 0 N–H and O–H groups in total. The quantitative estimate of drug-likeness (QED) is 0.652. The molecule has 0 bridgehead atoms. The zero-order chi connectivity index (χ0) is 20.5. The van der Waals surface area contributed by atoms with Crippen LogP contribution in [0.1, 0.15) is 19.5 Å². The van der Waals surface area contributed by atoms with E-state index in [0.717, 1.165) is 30.0 Å². The normalized spacial score (nSPS) is 19.5. The van der Waals surface area contributed by atoms with E-state index in [9.17, 15) is 4.79 Å². The number of aromatic nitrogens is 5. The van der Waals surface area contributed by atoms with E-state index in [2.05, 4.69) is 20.3 Å². The predicted octanol–water partition coefficient (Wildman–Crippen LogP) is 2.35. The van der Waals surface area contributed by atoms with E-state index in [1.54, 1.807) is 36.1 Å². The van der Waals surface area contributed by atoms with Crippen molar-refractivity contribution in [3.05, 3.63) is 57.6 Å². The zero-order valence-corrected chi connectivity index (χ0v) is 17.4. The lowest BCUT2D eigenvalue weighted by atomic mass is 10.1. The molecule has 4 rings (SSSR count). The second kappa shape index (κ2) is 7.96. The summed E-state index contributed by atoms with van der Waals surface area (Å²) in [6, 6.07) is 9.01. The molecule has 0 spiro atoms. The molecular weight excluding hydrogens is 392 g/mol. The first-order chi connectivity index (χ1) is 13.9. The number of benzene rings is 1. The van der Waals surface area contributed by atoms with Gasteiger partial charge in [-0.05, 0) is 26.0 Å². The van der Waals surface area contributed by atoms with E-state index in [1.165, 1.54) is 4.68 Å². The standard InChI is InChI=1S/C20H23ClN6O2/c1-13-10-26(11-14(2)29-13)17-8-19(28)27(22-9-17)12-18-20(23-24-25(18)3)15-4-6-16(21)7-5-15/h4-9,13-14H,10-12H2,1-3H3. The molecule has 3 aromatic rings. The van der Waals surface area contributed by atoms with Crippen molar-refractivity contribution in [3.63, 3.8) is 0 Å². The van der Waals surface area contributed by atoms with E-state index in [0.29, 0.717) is 10.7 Å². The highest BCUT2D eigenvalue weighted by Gasteiger charge is 2.23. The Balaban J connectivity index is 1.60. The molecule has 1 saturated heterocycles. The van der Waals surface area contributed by atoms with E-state index >= 15 is 0 Å². The molecule has 0 saturated carbocycles. The Labute approximate surface area is 173 Å². The summed E-state index contributed by atoms with van der Waals surface area (Å²) in [5, 5.41) is 13.4. The highest BCUT2D eigenvalue weighted by Crippen LogP contribution is 2.23. The summed E-state index contributed by atoms with van der Waals surface area (Å²) in [4.78, 5) is 14.9. The van der Waals surface area contributed by atoms with E-state index in [1.807, 2.05) is 26.0 Å². The van der Waals surface area contributed by atoms with Gasteiger partial charge >= 0.3 is 0 Å². The smallest absolute Gasteiger partial charge is 0.269 e. The minimum atomic E-state index is -0.169. The average Bonchev–Trinajstić information content (AvgIpc) is 3.04. The predicted molar refractivity (Wildman–Crippen MR) is 111 cm³/mol. The highest BCUT2D eigenvalue weighted by molar-refractivity contribution is 6.30. The van der Waals surface area contributed by atoms with Crippen LogP contribution in [0.4, 0.5) is 5.69 Å². The summed E-state index contributed by atoms with van der Waals surface area (Å²) in [6.45, 7) is 5.82. The summed E-state index contributed by atoms with van der Waals surface area (Å²) in [6.07, 6.45) is 1.96. The lowest BCUT2D eigenvalue weighted by molar-refractivity contribution is -0.00525. The fraction of sp³-hybridized carbons (Fsp3) is 0.400. The number of anilines is 1. The van der Waals surface area contributed by atoms with Gasteiger partial charge in [-0.1, -0.05) is 28.9 Å². The minimum absolute atomic E-state index is 0.114. The molecule has 1 fully saturated rings. The van der Waals surface area contributed by atoms with Crippen molar-refractivity contribution >= 4 is 17.3 Å². The Morgan fingerprint density at radius 3 is 2.52 bits per heavy atom. The molecule has 152 valence electrons. The molecule has 9 heteroatoms. The van der Waals surface area contributed by atoms with Gasteiger partial charge in [0.15, 0.2) is 0 Å². The molecular formula is C20H23ClN6O2. The molecule has 1 aliphatic rings. The monoisotopic (exact) mass is 414 g/mol. The van der Waals surface area contributed by atoms with Crippen molar-refractivity contribution in [2.24, 2.45) is 7.05 Å². The minimum Gasteiger partial charge on any atom is -0.372 e. The number of halogens is 1. The van der Waals surface area contributed by atoms with Gasteiger partial charge < -0.3 is 9.64 Å². The molecule has 3 heterocycles. The summed E-state index contributed by atoms with van der Waals surface area (Å²) < 4.78 is 8.86. The first-order valence-electron chi connectivity index (χ1n) is 9.53. The molecule has 0 aliphatic carbocycles. The van der Waals surface area contributed by atoms with Crippen molar-refractivity contribution in [2.75, 3.05) is 18.0 Å². The molecule has 0 amide bonds. The number of hydrogen-bond acceptors (Lipinski definition) is 6. The van der Waals surface area contributed by atoms with Crippen molar-refractivity contribution in [1.82, 2.24) is 24.8 Å². The van der Waals surface area contributed by atoms with Crippen LogP contribution in [0.5, 0.6) is 0 Å². The maximum absolute atomic E-state index is 12.8. The van der Waals surface area contributed by atoms with Crippen LogP contribution in [0.3, 0.4) is 0 Å². The number of rotatable bonds is 4. The SMILES string of the molecule is CC1CN(c2cnn(Cc3c(-c4ccc(Cl)cc4)nnn3C)c(=O)c2)CC(C)O1. The van der Waals surface area contributed by atoms with E-state index in [4.69, 9.17) is 16.3 Å². The van der Waals surface area contributed by atoms with Crippen LogP contribution in [0, 0.1) is 0 Å². The third-order valence-electron chi connectivity index (χ3n) is 5.00. The second-order valence-electron chi connectivity index (χ2n) is 7.39. The Bertz CT molecular complexity index is 1050. The molecule has 1 aliphatic heterocycles. The highest BCUT2D eigenvalue weighted by atomic mass is 35.5. The van der Waals surface area contributed by atoms with Crippen LogP contribution in [0.25, 0.3) is 11.3 Å². The first-order valence-corrected chi connectivity index (χ1v) is 9.90. The van der Waals surface area contributed by atoms with Crippen molar-refractivity contribution in [3.8, 4) is 11.3 Å². The van der Waals surface area contributed by atoms with Crippen LogP contribution >= 0.6 is 11.6 Å². The van der Waals surface area contributed by atoms with Gasteiger partial charge in [-0.15, -0.1) is 5.10 Å². The first kappa shape index (κ1) is 19.6. The second-order valence-corrected chi connectivity index (χ2v) is 7.82. The molecule has 29 heavy (non-hydrogen) atoms. The number of ether oxygens (including phenoxy) is 1.